The van der Waals surface area contributed by atoms with Gasteiger partial charge in [-0.2, -0.15) is 13.2 Å². The molecule has 2 heterocycles. The number of fused-ring (bicyclic) bond motifs is 1. The number of nitrogens with one attached hydrogen (secondary N) is 3. The number of sulfone groups is 1. The Bertz CT molecular complexity index is 1520. The largest absolute Gasteiger partial charge is 0.495 e. The van der Waals surface area contributed by atoms with Crippen LogP contribution < -0.4 is 20.7 Å². The number of alkyl halides is 3. The van der Waals surface area contributed by atoms with E-state index in [9.17, 15) is 21.6 Å². The lowest BCUT2D eigenvalue weighted by molar-refractivity contribution is -0.140. The number of aromatic nitrogens is 1. The van der Waals surface area contributed by atoms with Crippen LogP contribution in [0.4, 0.5) is 24.5 Å². The SMILES string of the molecule is C1COCCN1.COc1cc(S(C)(=O)=O)ccc1NCC#Cc1cc2c(NC3CCCCC3)cccc2n1CC(F)(F)F. The summed E-state index contributed by atoms with van der Waals surface area (Å²) in [7, 11) is -1.97. The van der Waals surface area contributed by atoms with Crippen molar-refractivity contribution in [3.05, 3.63) is 48.2 Å². The van der Waals surface area contributed by atoms with Crippen molar-refractivity contribution in [2.45, 2.75) is 55.8 Å². The molecule has 0 amide bonds. The van der Waals surface area contributed by atoms with Crippen LogP contribution in [-0.4, -0.2) is 71.4 Å². The molecule has 3 aromatic rings. The maximum absolute atomic E-state index is 13.5. The van der Waals surface area contributed by atoms with Gasteiger partial charge < -0.3 is 30.0 Å². The van der Waals surface area contributed by atoms with Gasteiger partial charge in [-0.25, -0.2) is 8.42 Å². The van der Waals surface area contributed by atoms with E-state index in [2.05, 4.69) is 27.8 Å². The first kappa shape index (κ1) is 32.5. The van der Waals surface area contributed by atoms with E-state index in [1.54, 1.807) is 24.3 Å². The summed E-state index contributed by atoms with van der Waals surface area (Å²) in [6.07, 6.45) is 2.31. The molecule has 1 aliphatic heterocycles. The van der Waals surface area contributed by atoms with Crippen LogP contribution in [0.5, 0.6) is 5.75 Å². The molecule has 1 aromatic heterocycles. The fraction of sp³-hybridized carbons (Fsp3) is 0.484. The van der Waals surface area contributed by atoms with Crippen LogP contribution in [0.2, 0.25) is 0 Å². The monoisotopic (exact) mass is 620 g/mol. The second-order valence-corrected chi connectivity index (χ2v) is 12.6. The second-order valence-electron chi connectivity index (χ2n) is 10.6. The smallest absolute Gasteiger partial charge is 0.406 e. The van der Waals surface area contributed by atoms with E-state index in [4.69, 9.17) is 9.47 Å². The lowest BCUT2D eigenvalue weighted by atomic mass is 9.95. The second kappa shape index (κ2) is 14.9. The Kier molecular flexibility index (Phi) is 11.2. The van der Waals surface area contributed by atoms with Crippen molar-refractivity contribution >= 4 is 32.1 Å². The van der Waals surface area contributed by atoms with Gasteiger partial charge in [-0.1, -0.05) is 31.2 Å². The van der Waals surface area contributed by atoms with Gasteiger partial charge in [0.15, 0.2) is 9.84 Å². The third kappa shape index (κ3) is 9.55. The Morgan fingerprint density at radius 3 is 2.42 bits per heavy atom. The standard InChI is InChI=1S/C27H30F3N3O3S.C4H9NO/c1-36-26-17-21(37(2,34)35)13-14-24(26)31-15-7-10-20-16-22-23(32-19-8-4-3-5-9-19)11-6-12-25(22)33(20)18-27(28,29)30;1-3-6-4-2-5-1/h6,11-14,16-17,19,31-32H,3-5,8-9,15,18H2,1-2H3;5H,1-4H2. The number of ether oxygens (including phenoxy) is 2. The molecule has 0 unspecified atom stereocenters. The molecule has 234 valence electrons. The Labute approximate surface area is 251 Å². The van der Waals surface area contributed by atoms with Crippen molar-refractivity contribution in [2.24, 2.45) is 0 Å². The summed E-state index contributed by atoms with van der Waals surface area (Å²) in [5.41, 5.74) is 2.10. The summed E-state index contributed by atoms with van der Waals surface area (Å²) in [5.74, 6) is 6.10. The number of rotatable bonds is 7. The summed E-state index contributed by atoms with van der Waals surface area (Å²) >= 11 is 0. The number of anilines is 2. The van der Waals surface area contributed by atoms with Gasteiger partial charge >= 0.3 is 6.18 Å². The molecule has 0 atom stereocenters. The predicted octanol–water partition coefficient (Wildman–Crippen LogP) is 5.43. The third-order valence-electron chi connectivity index (χ3n) is 7.28. The number of halogens is 3. The molecule has 0 bridgehead atoms. The number of methoxy groups -OCH3 is 1. The van der Waals surface area contributed by atoms with Crippen LogP contribution in [-0.2, 0) is 21.1 Å². The zero-order valence-corrected chi connectivity index (χ0v) is 25.3. The highest BCUT2D eigenvalue weighted by molar-refractivity contribution is 7.90. The van der Waals surface area contributed by atoms with Crippen molar-refractivity contribution in [1.29, 1.82) is 0 Å². The van der Waals surface area contributed by atoms with Crippen molar-refractivity contribution < 1.29 is 31.1 Å². The van der Waals surface area contributed by atoms with Crippen LogP contribution in [0.25, 0.3) is 10.9 Å². The van der Waals surface area contributed by atoms with Crippen LogP contribution in [0.15, 0.2) is 47.4 Å². The van der Waals surface area contributed by atoms with Gasteiger partial charge in [0.1, 0.15) is 12.3 Å². The summed E-state index contributed by atoms with van der Waals surface area (Å²) in [6, 6.07) is 11.8. The number of hydrogen-bond donors (Lipinski definition) is 3. The third-order valence-corrected chi connectivity index (χ3v) is 8.39. The number of nitrogens with zero attached hydrogens (tertiary/aromatic N) is 1. The lowest BCUT2D eigenvalue weighted by Crippen LogP contribution is -2.30. The predicted molar refractivity (Wildman–Crippen MR) is 164 cm³/mol. The Morgan fingerprint density at radius 1 is 1.07 bits per heavy atom. The van der Waals surface area contributed by atoms with Gasteiger partial charge in [0.2, 0.25) is 0 Å². The number of morpholine rings is 1. The maximum atomic E-state index is 13.5. The molecule has 1 saturated heterocycles. The fourth-order valence-corrected chi connectivity index (χ4v) is 5.80. The molecule has 1 saturated carbocycles. The average molecular weight is 621 g/mol. The summed E-state index contributed by atoms with van der Waals surface area (Å²) < 4.78 is 75.4. The highest BCUT2D eigenvalue weighted by Crippen LogP contribution is 2.32. The molecular weight excluding hydrogens is 581 g/mol. The quantitative estimate of drug-likeness (QED) is 0.304. The number of hydrogen-bond acceptors (Lipinski definition) is 7. The van der Waals surface area contributed by atoms with E-state index >= 15 is 0 Å². The van der Waals surface area contributed by atoms with Gasteiger partial charge in [0, 0.05) is 42.5 Å². The first-order valence-electron chi connectivity index (χ1n) is 14.4. The zero-order chi connectivity index (χ0) is 30.9. The van der Waals surface area contributed by atoms with Gasteiger partial charge in [-0.15, -0.1) is 0 Å². The number of benzene rings is 2. The van der Waals surface area contributed by atoms with Crippen LogP contribution in [0.3, 0.4) is 0 Å². The molecule has 2 aliphatic rings. The van der Waals surface area contributed by atoms with Gasteiger partial charge in [0.25, 0.3) is 0 Å². The maximum Gasteiger partial charge on any atom is 0.406 e. The van der Waals surface area contributed by atoms with Crippen molar-refractivity contribution in [3.63, 3.8) is 0 Å². The van der Waals surface area contributed by atoms with Gasteiger partial charge in [-0.3, -0.25) is 0 Å². The van der Waals surface area contributed by atoms with Gasteiger partial charge in [0.05, 0.1) is 48.7 Å². The van der Waals surface area contributed by atoms with Crippen molar-refractivity contribution in [1.82, 2.24) is 9.88 Å². The minimum absolute atomic E-state index is 0.120. The topological polar surface area (TPSA) is 93.6 Å². The molecule has 2 aromatic carbocycles. The molecule has 2 fully saturated rings. The zero-order valence-electron chi connectivity index (χ0n) is 24.5. The minimum atomic E-state index is -4.40. The molecule has 0 spiro atoms. The van der Waals surface area contributed by atoms with Crippen LogP contribution in [0, 0.1) is 11.8 Å². The highest BCUT2D eigenvalue weighted by atomic mass is 32.2. The average Bonchev–Trinajstić information content (AvgIpc) is 3.33. The van der Waals surface area contributed by atoms with Crippen LogP contribution >= 0.6 is 0 Å². The normalized spacial score (nSPS) is 16.0. The van der Waals surface area contributed by atoms with Crippen molar-refractivity contribution in [3.8, 4) is 17.6 Å². The Balaban J connectivity index is 0.000000628. The molecule has 1 aliphatic carbocycles. The van der Waals surface area contributed by atoms with Crippen LogP contribution in [0.1, 0.15) is 37.8 Å². The molecule has 43 heavy (non-hydrogen) atoms. The van der Waals surface area contributed by atoms with E-state index in [1.807, 2.05) is 6.07 Å². The molecule has 3 N–H and O–H groups in total. The molecular formula is C31H39F3N4O4S. The first-order valence-corrected chi connectivity index (χ1v) is 16.3. The Morgan fingerprint density at radius 2 is 1.81 bits per heavy atom. The summed E-state index contributed by atoms with van der Waals surface area (Å²) in [4.78, 5) is 0.121. The Hall–Kier alpha value is -3.40. The van der Waals surface area contributed by atoms with E-state index in [0.29, 0.717) is 28.4 Å². The molecule has 5 rings (SSSR count). The van der Waals surface area contributed by atoms with E-state index in [-0.39, 0.29) is 17.1 Å². The molecule has 0 radical (unpaired) electrons. The summed E-state index contributed by atoms with van der Waals surface area (Å²) in [6.45, 7) is 2.82. The van der Waals surface area contributed by atoms with Crippen molar-refractivity contribution in [2.75, 3.05) is 56.8 Å². The lowest BCUT2D eigenvalue weighted by Gasteiger charge is -2.24. The molecule has 8 nitrogen and oxygen atoms in total. The highest BCUT2D eigenvalue weighted by Gasteiger charge is 2.30. The first-order chi connectivity index (χ1) is 20.5. The summed E-state index contributed by atoms with van der Waals surface area (Å²) in [5, 5.41) is 10.4. The van der Waals surface area contributed by atoms with E-state index in [1.165, 1.54) is 30.2 Å². The molecule has 12 heteroatoms. The van der Waals surface area contributed by atoms with E-state index < -0.39 is 22.6 Å². The van der Waals surface area contributed by atoms with Gasteiger partial charge in [-0.05, 0) is 49.1 Å². The van der Waals surface area contributed by atoms with E-state index in [0.717, 1.165) is 63.9 Å². The minimum Gasteiger partial charge on any atom is -0.495 e. The fourth-order valence-electron chi connectivity index (χ4n) is 5.17.